The number of imidazole rings is 1. The number of hydrogen-bond donors (Lipinski definition) is 1. The Bertz CT molecular complexity index is 473. The molecule has 0 saturated heterocycles. The van der Waals surface area contributed by atoms with Crippen LogP contribution in [-0.2, 0) is 0 Å². The monoisotopic (exact) mass is 209 g/mol. The zero-order chi connectivity index (χ0) is 10.3. The highest BCUT2D eigenvalue weighted by atomic mass is 35.5. The number of nitrogens with zero attached hydrogens (tertiary/aromatic N) is 2. The summed E-state index contributed by atoms with van der Waals surface area (Å²) in [6.45, 7) is 3.82. The average molecular weight is 210 g/mol. The van der Waals surface area contributed by atoms with E-state index >= 15 is 0 Å². The van der Waals surface area contributed by atoms with Crippen LogP contribution in [0.5, 0.6) is 0 Å². The van der Waals surface area contributed by atoms with E-state index in [-0.39, 0.29) is 6.04 Å². The second-order valence-corrected chi connectivity index (χ2v) is 3.78. The molecule has 14 heavy (non-hydrogen) atoms. The number of rotatable bonds is 1. The third-order valence-electron chi connectivity index (χ3n) is 2.24. The molecule has 1 unspecified atom stereocenters. The standard InChI is InChI=1S/C10H12ClN3/c1-6(12)8-4-3-5-9-13-7(2)10(11)14(8)9/h3-6H,12H2,1-2H3. The molecule has 0 fully saturated rings. The van der Waals surface area contributed by atoms with Gasteiger partial charge in [-0.15, -0.1) is 0 Å². The average Bonchev–Trinajstić information content (AvgIpc) is 2.43. The third-order valence-corrected chi connectivity index (χ3v) is 2.69. The number of fused-ring (bicyclic) bond motifs is 1. The molecule has 1 atom stereocenters. The van der Waals surface area contributed by atoms with E-state index in [2.05, 4.69) is 4.98 Å². The molecule has 4 heteroatoms. The van der Waals surface area contributed by atoms with Gasteiger partial charge in [-0.25, -0.2) is 4.98 Å². The summed E-state index contributed by atoms with van der Waals surface area (Å²) >= 11 is 6.14. The largest absolute Gasteiger partial charge is 0.323 e. The number of aryl methyl sites for hydroxylation is 1. The van der Waals surface area contributed by atoms with Gasteiger partial charge in [-0.1, -0.05) is 17.7 Å². The Morgan fingerprint density at radius 2 is 2.21 bits per heavy atom. The summed E-state index contributed by atoms with van der Waals surface area (Å²) in [4.78, 5) is 4.33. The number of aromatic nitrogens is 2. The van der Waals surface area contributed by atoms with Crippen LogP contribution in [0.15, 0.2) is 18.2 Å². The first-order valence-corrected chi connectivity index (χ1v) is 4.88. The Hall–Kier alpha value is -1.06. The lowest BCUT2D eigenvalue weighted by Crippen LogP contribution is -2.10. The molecule has 0 aromatic carbocycles. The molecule has 2 rings (SSSR count). The molecule has 3 nitrogen and oxygen atoms in total. The van der Waals surface area contributed by atoms with E-state index in [9.17, 15) is 0 Å². The van der Waals surface area contributed by atoms with Crippen molar-refractivity contribution in [3.8, 4) is 0 Å². The van der Waals surface area contributed by atoms with Gasteiger partial charge in [0.1, 0.15) is 10.8 Å². The lowest BCUT2D eigenvalue weighted by Gasteiger charge is -2.09. The summed E-state index contributed by atoms with van der Waals surface area (Å²) in [6.07, 6.45) is 0. The molecular formula is C10H12ClN3. The maximum Gasteiger partial charge on any atom is 0.138 e. The van der Waals surface area contributed by atoms with E-state index in [0.29, 0.717) is 5.15 Å². The SMILES string of the molecule is Cc1nc2cccc(C(C)N)n2c1Cl. The van der Waals surface area contributed by atoms with Crippen molar-refractivity contribution >= 4 is 17.2 Å². The van der Waals surface area contributed by atoms with Crippen LogP contribution >= 0.6 is 11.6 Å². The normalized spacial score (nSPS) is 13.4. The molecule has 0 radical (unpaired) electrons. The fraction of sp³-hybridized carbons (Fsp3) is 0.300. The quantitative estimate of drug-likeness (QED) is 0.784. The highest BCUT2D eigenvalue weighted by molar-refractivity contribution is 6.30. The van der Waals surface area contributed by atoms with Crippen LogP contribution in [0.4, 0.5) is 0 Å². The van der Waals surface area contributed by atoms with E-state index in [1.54, 1.807) is 0 Å². The fourth-order valence-corrected chi connectivity index (χ4v) is 1.78. The first-order chi connectivity index (χ1) is 6.61. The Labute approximate surface area is 87.5 Å². The van der Waals surface area contributed by atoms with E-state index < -0.39 is 0 Å². The zero-order valence-electron chi connectivity index (χ0n) is 8.16. The second-order valence-electron chi connectivity index (χ2n) is 3.42. The zero-order valence-corrected chi connectivity index (χ0v) is 8.92. The highest BCUT2D eigenvalue weighted by Gasteiger charge is 2.11. The van der Waals surface area contributed by atoms with Gasteiger partial charge in [0.2, 0.25) is 0 Å². The fourth-order valence-electron chi connectivity index (χ4n) is 1.55. The molecule has 2 heterocycles. The topological polar surface area (TPSA) is 43.3 Å². The van der Waals surface area contributed by atoms with Crippen molar-refractivity contribution in [3.63, 3.8) is 0 Å². The van der Waals surface area contributed by atoms with Crippen LogP contribution in [0.1, 0.15) is 24.4 Å². The van der Waals surface area contributed by atoms with E-state index in [1.165, 1.54) is 0 Å². The van der Waals surface area contributed by atoms with Gasteiger partial charge in [-0.2, -0.15) is 0 Å². The smallest absolute Gasteiger partial charge is 0.138 e. The number of nitrogens with two attached hydrogens (primary N) is 1. The van der Waals surface area contributed by atoms with Gasteiger partial charge in [0, 0.05) is 11.7 Å². The van der Waals surface area contributed by atoms with Crippen LogP contribution in [0.25, 0.3) is 5.65 Å². The van der Waals surface area contributed by atoms with Crippen molar-refractivity contribution in [3.05, 3.63) is 34.7 Å². The summed E-state index contributed by atoms with van der Waals surface area (Å²) in [5.41, 5.74) is 8.51. The molecular weight excluding hydrogens is 198 g/mol. The molecule has 0 aliphatic heterocycles. The second kappa shape index (κ2) is 3.26. The van der Waals surface area contributed by atoms with Crippen molar-refractivity contribution in [2.75, 3.05) is 0 Å². The molecule has 74 valence electrons. The molecule has 0 saturated carbocycles. The van der Waals surface area contributed by atoms with Crippen LogP contribution < -0.4 is 5.73 Å². The molecule has 0 aliphatic rings. The van der Waals surface area contributed by atoms with Crippen LogP contribution in [0, 0.1) is 6.92 Å². The third kappa shape index (κ3) is 1.29. The summed E-state index contributed by atoms with van der Waals surface area (Å²) in [7, 11) is 0. The van der Waals surface area contributed by atoms with Gasteiger partial charge < -0.3 is 5.73 Å². The molecule has 2 aromatic rings. The number of pyridine rings is 1. The van der Waals surface area contributed by atoms with Crippen molar-refractivity contribution in [2.24, 2.45) is 5.73 Å². The maximum absolute atomic E-state index is 6.14. The Morgan fingerprint density at radius 3 is 2.86 bits per heavy atom. The van der Waals surface area contributed by atoms with Crippen molar-refractivity contribution in [1.29, 1.82) is 0 Å². The summed E-state index contributed by atoms with van der Waals surface area (Å²) < 4.78 is 1.89. The van der Waals surface area contributed by atoms with Crippen molar-refractivity contribution < 1.29 is 0 Å². The lowest BCUT2D eigenvalue weighted by atomic mass is 10.2. The Kier molecular flexibility index (Phi) is 2.21. The van der Waals surface area contributed by atoms with Crippen LogP contribution in [0.2, 0.25) is 5.15 Å². The van der Waals surface area contributed by atoms with Gasteiger partial charge in [-0.05, 0) is 26.0 Å². The predicted molar refractivity (Wildman–Crippen MR) is 57.5 cm³/mol. The molecule has 0 amide bonds. The summed E-state index contributed by atoms with van der Waals surface area (Å²) in [5.74, 6) is 0. The van der Waals surface area contributed by atoms with E-state index in [0.717, 1.165) is 17.0 Å². The van der Waals surface area contributed by atoms with Gasteiger partial charge in [0.25, 0.3) is 0 Å². The highest BCUT2D eigenvalue weighted by Crippen LogP contribution is 2.21. The minimum Gasteiger partial charge on any atom is -0.323 e. The molecule has 0 bridgehead atoms. The van der Waals surface area contributed by atoms with E-state index in [4.69, 9.17) is 17.3 Å². The van der Waals surface area contributed by atoms with E-state index in [1.807, 2.05) is 36.4 Å². The van der Waals surface area contributed by atoms with Crippen molar-refractivity contribution in [2.45, 2.75) is 19.9 Å². The van der Waals surface area contributed by atoms with Crippen LogP contribution in [0.3, 0.4) is 0 Å². The summed E-state index contributed by atoms with van der Waals surface area (Å²) in [6, 6.07) is 5.77. The molecule has 0 spiro atoms. The molecule has 0 aliphatic carbocycles. The van der Waals surface area contributed by atoms with Gasteiger partial charge in [0.15, 0.2) is 0 Å². The first kappa shape index (κ1) is 9.49. The molecule has 2 N–H and O–H groups in total. The Balaban J connectivity index is 2.84. The lowest BCUT2D eigenvalue weighted by molar-refractivity contribution is 0.763. The molecule has 2 aromatic heterocycles. The van der Waals surface area contributed by atoms with Gasteiger partial charge >= 0.3 is 0 Å². The maximum atomic E-state index is 6.14. The number of halogens is 1. The van der Waals surface area contributed by atoms with Gasteiger partial charge in [0.05, 0.1) is 5.69 Å². The summed E-state index contributed by atoms with van der Waals surface area (Å²) in [5, 5.41) is 0.646. The van der Waals surface area contributed by atoms with Crippen LogP contribution in [-0.4, -0.2) is 9.38 Å². The minimum absolute atomic E-state index is 0.0511. The van der Waals surface area contributed by atoms with Gasteiger partial charge in [-0.3, -0.25) is 4.40 Å². The number of hydrogen-bond acceptors (Lipinski definition) is 2. The predicted octanol–water partition coefficient (Wildman–Crippen LogP) is 2.32. The Morgan fingerprint density at radius 1 is 1.50 bits per heavy atom. The van der Waals surface area contributed by atoms with Crippen molar-refractivity contribution in [1.82, 2.24) is 9.38 Å². The first-order valence-electron chi connectivity index (χ1n) is 4.50. The minimum atomic E-state index is -0.0511.